The molecule has 0 fully saturated rings. The molecule has 0 saturated heterocycles. The summed E-state index contributed by atoms with van der Waals surface area (Å²) in [5, 5.41) is 13.1. The van der Waals surface area contributed by atoms with Crippen LogP contribution >= 0.6 is 11.3 Å². The van der Waals surface area contributed by atoms with E-state index in [2.05, 4.69) is 27.0 Å². The lowest BCUT2D eigenvalue weighted by Gasteiger charge is -2.08. The van der Waals surface area contributed by atoms with Crippen molar-refractivity contribution in [3.8, 4) is 11.4 Å². The number of anilines is 1. The third kappa shape index (κ3) is 4.08. The molecule has 1 aromatic carbocycles. The number of benzene rings is 1. The molecule has 124 valence electrons. The molecule has 0 atom stereocenters. The van der Waals surface area contributed by atoms with E-state index >= 15 is 0 Å². The average Bonchev–Trinajstić information content (AvgIpc) is 3.26. The molecule has 0 radical (unpaired) electrons. The van der Waals surface area contributed by atoms with Crippen molar-refractivity contribution in [2.45, 2.75) is 32.7 Å². The maximum absolute atomic E-state index is 12.1. The fraction of sp³-hybridized carbons (Fsp3) is 0.278. The number of nitrogens with one attached hydrogen (secondary N) is 1. The van der Waals surface area contributed by atoms with Gasteiger partial charge in [0, 0.05) is 29.1 Å². The van der Waals surface area contributed by atoms with Gasteiger partial charge in [0.2, 0.25) is 5.91 Å². The van der Waals surface area contributed by atoms with E-state index in [0.717, 1.165) is 36.5 Å². The number of hydrogen-bond acceptors (Lipinski definition) is 4. The second kappa shape index (κ2) is 7.88. The molecule has 0 saturated carbocycles. The predicted molar refractivity (Wildman–Crippen MR) is 97.0 cm³/mol. The number of carbonyl (C=O) groups is 1. The highest BCUT2D eigenvalue weighted by atomic mass is 32.1. The van der Waals surface area contributed by atoms with Gasteiger partial charge in [0.1, 0.15) is 6.33 Å². The Balaban J connectivity index is 1.59. The summed E-state index contributed by atoms with van der Waals surface area (Å²) < 4.78 is 1.97. The summed E-state index contributed by atoms with van der Waals surface area (Å²) in [6, 6.07) is 11.9. The molecule has 3 rings (SSSR count). The Hall–Kier alpha value is -2.47. The van der Waals surface area contributed by atoms with E-state index in [1.807, 2.05) is 41.8 Å². The van der Waals surface area contributed by atoms with Gasteiger partial charge >= 0.3 is 0 Å². The number of thiophene rings is 1. The van der Waals surface area contributed by atoms with Crippen LogP contribution in [0.25, 0.3) is 11.4 Å². The third-order valence-corrected chi connectivity index (χ3v) is 4.70. The number of nitrogens with zero attached hydrogens (tertiary/aromatic N) is 3. The molecular weight excluding hydrogens is 320 g/mol. The van der Waals surface area contributed by atoms with Crippen LogP contribution in [0, 0.1) is 0 Å². The van der Waals surface area contributed by atoms with Gasteiger partial charge in [-0.15, -0.1) is 21.5 Å². The van der Waals surface area contributed by atoms with Gasteiger partial charge in [0.15, 0.2) is 5.82 Å². The summed E-state index contributed by atoms with van der Waals surface area (Å²) in [4.78, 5) is 13.4. The minimum atomic E-state index is 0.0423. The predicted octanol–water partition coefficient (Wildman–Crippen LogP) is 3.99. The Morgan fingerprint density at radius 2 is 2.21 bits per heavy atom. The Kier molecular flexibility index (Phi) is 5.38. The minimum Gasteiger partial charge on any atom is -0.326 e. The number of rotatable bonds is 7. The van der Waals surface area contributed by atoms with Crippen molar-refractivity contribution in [1.82, 2.24) is 14.8 Å². The Morgan fingerprint density at radius 3 is 3.00 bits per heavy atom. The van der Waals surface area contributed by atoms with Crippen molar-refractivity contribution in [3.05, 3.63) is 53.0 Å². The minimum absolute atomic E-state index is 0.0423. The number of aromatic nitrogens is 3. The molecule has 0 spiro atoms. The van der Waals surface area contributed by atoms with Crippen LogP contribution in [-0.4, -0.2) is 20.7 Å². The zero-order chi connectivity index (χ0) is 16.8. The Labute approximate surface area is 145 Å². The molecule has 1 amide bonds. The Morgan fingerprint density at radius 1 is 1.29 bits per heavy atom. The van der Waals surface area contributed by atoms with Gasteiger partial charge in [-0.05, 0) is 43.3 Å². The maximum atomic E-state index is 12.1. The van der Waals surface area contributed by atoms with Crippen molar-refractivity contribution in [1.29, 1.82) is 0 Å². The molecule has 0 bridgehead atoms. The third-order valence-electron chi connectivity index (χ3n) is 3.77. The molecule has 3 aromatic rings. The molecule has 0 aliphatic heterocycles. The van der Waals surface area contributed by atoms with Crippen LogP contribution in [0.15, 0.2) is 48.1 Å². The normalized spacial score (nSPS) is 10.7. The van der Waals surface area contributed by atoms with Crippen LogP contribution in [0.2, 0.25) is 0 Å². The number of carbonyl (C=O) groups excluding carboxylic acids is 1. The van der Waals surface area contributed by atoms with E-state index in [9.17, 15) is 4.79 Å². The topological polar surface area (TPSA) is 59.8 Å². The standard InChI is InChI=1S/C18H20N4OS/c1-2-22-13-19-21-18(22)14-6-3-7-15(12-14)20-17(23)10-4-8-16-9-5-11-24-16/h3,5-7,9,11-13H,2,4,8,10H2,1H3,(H,20,23). The van der Waals surface area contributed by atoms with E-state index in [1.165, 1.54) is 4.88 Å². The van der Waals surface area contributed by atoms with Gasteiger partial charge in [-0.1, -0.05) is 18.2 Å². The van der Waals surface area contributed by atoms with Gasteiger partial charge in [0.05, 0.1) is 0 Å². The van der Waals surface area contributed by atoms with Crippen LogP contribution in [0.4, 0.5) is 5.69 Å². The summed E-state index contributed by atoms with van der Waals surface area (Å²) in [6.07, 6.45) is 4.04. The van der Waals surface area contributed by atoms with Crippen molar-refractivity contribution in [2.24, 2.45) is 0 Å². The number of hydrogen-bond donors (Lipinski definition) is 1. The molecule has 1 N–H and O–H groups in total. The molecular formula is C18H20N4OS. The number of aryl methyl sites for hydroxylation is 2. The summed E-state index contributed by atoms with van der Waals surface area (Å²) >= 11 is 1.74. The zero-order valence-electron chi connectivity index (χ0n) is 13.6. The van der Waals surface area contributed by atoms with Gasteiger partial charge in [0.25, 0.3) is 0 Å². The highest BCUT2D eigenvalue weighted by molar-refractivity contribution is 7.09. The van der Waals surface area contributed by atoms with E-state index in [-0.39, 0.29) is 5.91 Å². The number of amides is 1. The largest absolute Gasteiger partial charge is 0.326 e. The first-order chi connectivity index (χ1) is 11.8. The quantitative estimate of drug-likeness (QED) is 0.707. The van der Waals surface area contributed by atoms with Crippen molar-refractivity contribution in [2.75, 3.05) is 5.32 Å². The highest BCUT2D eigenvalue weighted by Gasteiger charge is 2.08. The molecule has 5 nitrogen and oxygen atoms in total. The molecule has 24 heavy (non-hydrogen) atoms. The lowest BCUT2D eigenvalue weighted by atomic mass is 10.1. The van der Waals surface area contributed by atoms with Crippen LogP contribution in [0.3, 0.4) is 0 Å². The van der Waals surface area contributed by atoms with Crippen LogP contribution in [0.5, 0.6) is 0 Å². The first kappa shape index (κ1) is 16.4. The van der Waals surface area contributed by atoms with Crippen molar-refractivity contribution in [3.63, 3.8) is 0 Å². The van der Waals surface area contributed by atoms with E-state index in [4.69, 9.17) is 0 Å². The van der Waals surface area contributed by atoms with Crippen molar-refractivity contribution < 1.29 is 4.79 Å². The van der Waals surface area contributed by atoms with Crippen molar-refractivity contribution >= 4 is 22.9 Å². The van der Waals surface area contributed by atoms with E-state index in [0.29, 0.717) is 6.42 Å². The monoisotopic (exact) mass is 340 g/mol. The van der Waals surface area contributed by atoms with Gasteiger partial charge in [-0.25, -0.2) is 0 Å². The SMILES string of the molecule is CCn1cnnc1-c1cccc(NC(=O)CCCc2cccs2)c1. The first-order valence-corrected chi connectivity index (χ1v) is 8.94. The average molecular weight is 340 g/mol. The zero-order valence-corrected chi connectivity index (χ0v) is 14.4. The van der Waals surface area contributed by atoms with E-state index in [1.54, 1.807) is 17.7 Å². The second-order valence-electron chi connectivity index (χ2n) is 5.50. The lowest BCUT2D eigenvalue weighted by molar-refractivity contribution is -0.116. The van der Waals surface area contributed by atoms with Gasteiger partial charge in [-0.3, -0.25) is 4.79 Å². The van der Waals surface area contributed by atoms with Gasteiger partial charge < -0.3 is 9.88 Å². The molecule has 2 heterocycles. The summed E-state index contributed by atoms with van der Waals surface area (Å²) in [6.45, 7) is 2.85. The molecule has 0 aliphatic rings. The summed E-state index contributed by atoms with van der Waals surface area (Å²) in [5.74, 6) is 0.854. The molecule has 6 heteroatoms. The first-order valence-electron chi connectivity index (χ1n) is 8.06. The smallest absolute Gasteiger partial charge is 0.224 e. The molecule has 0 aliphatic carbocycles. The van der Waals surface area contributed by atoms with Gasteiger partial charge in [-0.2, -0.15) is 0 Å². The fourth-order valence-corrected chi connectivity index (χ4v) is 3.30. The Bertz CT molecular complexity index is 795. The molecule has 2 aromatic heterocycles. The molecule has 0 unspecified atom stereocenters. The summed E-state index contributed by atoms with van der Waals surface area (Å²) in [5.41, 5.74) is 1.74. The lowest BCUT2D eigenvalue weighted by Crippen LogP contribution is -2.11. The van der Waals surface area contributed by atoms with Crippen LogP contribution < -0.4 is 5.32 Å². The summed E-state index contributed by atoms with van der Waals surface area (Å²) in [7, 11) is 0. The van der Waals surface area contributed by atoms with Crippen LogP contribution in [-0.2, 0) is 17.8 Å². The second-order valence-corrected chi connectivity index (χ2v) is 6.53. The van der Waals surface area contributed by atoms with Crippen LogP contribution in [0.1, 0.15) is 24.6 Å². The van der Waals surface area contributed by atoms with E-state index < -0.39 is 0 Å². The fourth-order valence-electron chi connectivity index (χ4n) is 2.55. The maximum Gasteiger partial charge on any atom is 0.224 e. The highest BCUT2D eigenvalue weighted by Crippen LogP contribution is 2.21.